The van der Waals surface area contributed by atoms with Crippen molar-refractivity contribution >= 4 is 11.7 Å². The Bertz CT molecular complexity index is 762. The van der Waals surface area contributed by atoms with Crippen LogP contribution in [0.5, 0.6) is 0 Å². The number of benzene rings is 1. The van der Waals surface area contributed by atoms with Gasteiger partial charge in [0.2, 0.25) is 5.91 Å². The Labute approximate surface area is 156 Å². The number of rotatable bonds is 3. The fraction of sp³-hybridized carbons (Fsp3) is 0.524. The molecule has 0 aliphatic carbocycles. The first-order valence-corrected chi connectivity index (χ1v) is 9.41. The molecule has 5 heteroatoms. The molecule has 1 aliphatic heterocycles. The summed E-state index contributed by atoms with van der Waals surface area (Å²) in [5.41, 5.74) is 3.05. The van der Waals surface area contributed by atoms with E-state index in [1.54, 1.807) is 0 Å². The lowest BCUT2D eigenvalue weighted by Gasteiger charge is -2.28. The summed E-state index contributed by atoms with van der Waals surface area (Å²) in [6.45, 7) is 10.4. The largest absolute Gasteiger partial charge is 0.310 e. The maximum Gasteiger partial charge on any atom is 0.228 e. The highest BCUT2D eigenvalue weighted by molar-refractivity contribution is 5.92. The number of hydrogen-bond donors (Lipinski definition) is 1. The van der Waals surface area contributed by atoms with E-state index in [1.807, 2.05) is 22.9 Å². The Morgan fingerprint density at radius 1 is 1.15 bits per heavy atom. The van der Waals surface area contributed by atoms with Crippen LogP contribution in [0.2, 0.25) is 0 Å². The number of aryl methyl sites for hydroxylation is 1. The van der Waals surface area contributed by atoms with Crippen LogP contribution in [-0.4, -0.2) is 40.7 Å². The Morgan fingerprint density at radius 3 is 2.35 bits per heavy atom. The number of likely N-dealkylation sites (tertiary alicyclic amines) is 1. The van der Waals surface area contributed by atoms with E-state index in [0.717, 1.165) is 43.1 Å². The molecule has 0 unspecified atom stereocenters. The molecule has 0 radical (unpaired) electrons. The van der Waals surface area contributed by atoms with E-state index in [9.17, 15) is 4.79 Å². The Balaban J connectivity index is 1.88. The van der Waals surface area contributed by atoms with Crippen molar-refractivity contribution < 1.29 is 4.79 Å². The standard InChI is InChI=1S/C21H30N4O/c1-15-6-8-17(9-7-15)25-19(14-18(23-25)21(2,3)4)22-20(26)16-10-12-24(5)13-11-16/h6-9,14,16H,10-13H2,1-5H3,(H,22,26). The molecule has 1 aromatic heterocycles. The van der Waals surface area contributed by atoms with Gasteiger partial charge in [-0.05, 0) is 52.0 Å². The number of anilines is 1. The Kier molecular flexibility index (Phi) is 5.19. The third kappa shape index (κ3) is 4.15. The molecule has 2 aromatic rings. The van der Waals surface area contributed by atoms with Crippen molar-refractivity contribution in [3.8, 4) is 5.69 Å². The number of nitrogens with zero attached hydrogens (tertiary/aromatic N) is 3. The molecule has 1 aromatic carbocycles. The first kappa shape index (κ1) is 18.6. The summed E-state index contributed by atoms with van der Waals surface area (Å²) < 4.78 is 1.85. The molecule has 1 aliphatic rings. The van der Waals surface area contributed by atoms with E-state index >= 15 is 0 Å². The van der Waals surface area contributed by atoms with Gasteiger partial charge in [0.05, 0.1) is 11.4 Å². The second-order valence-electron chi connectivity index (χ2n) is 8.48. The number of nitrogens with one attached hydrogen (secondary N) is 1. The minimum absolute atomic E-state index is 0.0747. The quantitative estimate of drug-likeness (QED) is 0.913. The lowest BCUT2D eigenvalue weighted by molar-refractivity contribution is -0.121. The van der Waals surface area contributed by atoms with E-state index in [-0.39, 0.29) is 17.2 Å². The van der Waals surface area contributed by atoms with Crippen LogP contribution in [0.4, 0.5) is 5.82 Å². The van der Waals surface area contributed by atoms with Gasteiger partial charge in [0, 0.05) is 17.4 Å². The maximum absolute atomic E-state index is 12.8. The first-order valence-electron chi connectivity index (χ1n) is 9.41. The molecular formula is C21H30N4O. The summed E-state index contributed by atoms with van der Waals surface area (Å²) in [5, 5.41) is 7.93. The van der Waals surface area contributed by atoms with Crippen molar-refractivity contribution in [1.29, 1.82) is 0 Å². The van der Waals surface area contributed by atoms with Crippen LogP contribution >= 0.6 is 0 Å². The number of carbonyl (C=O) groups is 1. The molecule has 0 spiro atoms. The van der Waals surface area contributed by atoms with Gasteiger partial charge in [-0.1, -0.05) is 38.5 Å². The molecule has 26 heavy (non-hydrogen) atoms. The van der Waals surface area contributed by atoms with Crippen molar-refractivity contribution in [1.82, 2.24) is 14.7 Å². The van der Waals surface area contributed by atoms with Gasteiger partial charge in [-0.15, -0.1) is 0 Å². The smallest absolute Gasteiger partial charge is 0.228 e. The minimum atomic E-state index is -0.0804. The molecular weight excluding hydrogens is 324 g/mol. The van der Waals surface area contributed by atoms with E-state index in [1.165, 1.54) is 5.56 Å². The molecule has 1 N–H and O–H groups in total. The highest BCUT2D eigenvalue weighted by atomic mass is 16.2. The first-order chi connectivity index (χ1) is 12.2. The fourth-order valence-electron chi connectivity index (χ4n) is 3.22. The normalized spacial score (nSPS) is 16.7. The lowest BCUT2D eigenvalue weighted by Crippen LogP contribution is -2.36. The van der Waals surface area contributed by atoms with Crippen molar-refractivity contribution in [2.24, 2.45) is 5.92 Å². The lowest BCUT2D eigenvalue weighted by atomic mass is 9.92. The van der Waals surface area contributed by atoms with Gasteiger partial charge in [0.25, 0.3) is 0 Å². The predicted molar refractivity (Wildman–Crippen MR) is 106 cm³/mol. The predicted octanol–water partition coefficient (Wildman–Crippen LogP) is 3.76. The van der Waals surface area contributed by atoms with Gasteiger partial charge in [-0.2, -0.15) is 5.10 Å². The molecule has 1 amide bonds. The van der Waals surface area contributed by atoms with Gasteiger partial charge in [-0.25, -0.2) is 4.68 Å². The Hall–Kier alpha value is -2.14. The molecule has 0 bridgehead atoms. The zero-order valence-corrected chi connectivity index (χ0v) is 16.5. The number of hydrogen-bond acceptors (Lipinski definition) is 3. The summed E-state index contributed by atoms with van der Waals surface area (Å²) in [5.74, 6) is 0.931. The second-order valence-corrected chi connectivity index (χ2v) is 8.48. The summed E-state index contributed by atoms with van der Waals surface area (Å²) in [6, 6.07) is 10.2. The van der Waals surface area contributed by atoms with Gasteiger partial charge in [0.15, 0.2) is 0 Å². The van der Waals surface area contributed by atoms with Gasteiger partial charge in [0.1, 0.15) is 5.82 Å². The van der Waals surface area contributed by atoms with Crippen LogP contribution in [-0.2, 0) is 10.2 Å². The molecule has 5 nitrogen and oxygen atoms in total. The molecule has 140 valence electrons. The molecule has 0 saturated carbocycles. The van der Waals surface area contributed by atoms with Crippen LogP contribution in [0.15, 0.2) is 30.3 Å². The number of aromatic nitrogens is 2. The van der Waals surface area contributed by atoms with Crippen LogP contribution in [0.25, 0.3) is 5.69 Å². The van der Waals surface area contributed by atoms with Crippen molar-refractivity contribution in [2.75, 3.05) is 25.5 Å². The van der Waals surface area contributed by atoms with Crippen molar-refractivity contribution in [3.05, 3.63) is 41.6 Å². The van der Waals surface area contributed by atoms with Gasteiger partial charge >= 0.3 is 0 Å². The molecule has 0 atom stereocenters. The molecule has 1 fully saturated rings. The summed E-state index contributed by atoms with van der Waals surface area (Å²) >= 11 is 0. The number of carbonyl (C=O) groups excluding carboxylic acids is 1. The summed E-state index contributed by atoms with van der Waals surface area (Å²) in [7, 11) is 2.11. The molecule has 2 heterocycles. The minimum Gasteiger partial charge on any atom is -0.310 e. The monoisotopic (exact) mass is 354 g/mol. The average Bonchev–Trinajstić information content (AvgIpc) is 3.00. The summed E-state index contributed by atoms with van der Waals surface area (Å²) in [6.07, 6.45) is 1.82. The summed E-state index contributed by atoms with van der Waals surface area (Å²) in [4.78, 5) is 15.1. The maximum atomic E-state index is 12.8. The molecule has 1 saturated heterocycles. The zero-order chi connectivity index (χ0) is 18.9. The fourth-order valence-corrected chi connectivity index (χ4v) is 3.22. The highest BCUT2D eigenvalue weighted by Gasteiger charge is 2.26. The third-order valence-corrected chi connectivity index (χ3v) is 5.10. The van der Waals surface area contributed by atoms with Crippen LogP contribution in [0.1, 0.15) is 44.9 Å². The van der Waals surface area contributed by atoms with E-state index in [4.69, 9.17) is 5.10 Å². The Morgan fingerprint density at radius 2 is 1.77 bits per heavy atom. The average molecular weight is 354 g/mol. The van der Waals surface area contributed by atoms with Gasteiger partial charge < -0.3 is 10.2 Å². The SMILES string of the molecule is Cc1ccc(-n2nc(C(C)(C)C)cc2NC(=O)C2CCN(C)CC2)cc1. The highest BCUT2D eigenvalue weighted by Crippen LogP contribution is 2.27. The van der Waals surface area contributed by atoms with Crippen molar-refractivity contribution in [3.63, 3.8) is 0 Å². The van der Waals surface area contributed by atoms with E-state index in [0.29, 0.717) is 0 Å². The van der Waals surface area contributed by atoms with Crippen LogP contribution < -0.4 is 5.32 Å². The zero-order valence-electron chi connectivity index (χ0n) is 16.5. The molecule has 3 rings (SSSR count). The van der Waals surface area contributed by atoms with E-state index in [2.05, 4.69) is 57.1 Å². The van der Waals surface area contributed by atoms with Crippen LogP contribution in [0.3, 0.4) is 0 Å². The third-order valence-electron chi connectivity index (χ3n) is 5.10. The van der Waals surface area contributed by atoms with Crippen molar-refractivity contribution in [2.45, 2.75) is 46.0 Å². The number of amides is 1. The van der Waals surface area contributed by atoms with Crippen LogP contribution in [0, 0.1) is 12.8 Å². The second kappa shape index (κ2) is 7.23. The van der Waals surface area contributed by atoms with E-state index < -0.39 is 0 Å². The topological polar surface area (TPSA) is 50.2 Å². The number of piperidine rings is 1. The van der Waals surface area contributed by atoms with Gasteiger partial charge in [-0.3, -0.25) is 4.79 Å².